The molecule has 2 unspecified atom stereocenters. The number of rotatable bonds is 7. The zero-order valence-corrected chi connectivity index (χ0v) is 18.7. The minimum absolute atomic E-state index is 0.0655. The number of hydrogen-bond donors (Lipinski definition) is 2. The van der Waals surface area contributed by atoms with Crippen LogP contribution in [0.3, 0.4) is 0 Å². The Bertz CT molecular complexity index is 893. The lowest BCUT2D eigenvalue weighted by Crippen LogP contribution is -2.36. The normalized spacial score (nSPS) is 24.6. The molecule has 5 rings (SSSR count). The topological polar surface area (TPSA) is 68.4 Å². The van der Waals surface area contributed by atoms with Crippen LogP contribution in [0.25, 0.3) is 0 Å². The first-order chi connectivity index (χ1) is 15.7. The lowest BCUT2D eigenvalue weighted by atomic mass is 10.0. The standard InChI is InChI=1S/C26H34N4O2/c31-25(20-9-4-5-10-20)28-23(19-7-2-1-3-8-19)12-14-29-15-21-17-30(18-22(21)16-29)26(32)24-11-6-13-27-24/h1-3,6-8,11,13,20-23,27H,4-5,9-10,12,14-18H2,(H,28,31)/t21-,22?,23?/m0/s1. The first-order valence-electron chi connectivity index (χ1n) is 12.2. The van der Waals surface area contributed by atoms with Crippen LogP contribution >= 0.6 is 0 Å². The molecule has 3 aliphatic rings. The van der Waals surface area contributed by atoms with Gasteiger partial charge in [-0.05, 0) is 48.8 Å². The molecular formula is C26H34N4O2. The van der Waals surface area contributed by atoms with Crippen LogP contribution in [0.2, 0.25) is 0 Å². The Hall–Kier alpha value is -2.60. The van der Waals surface area contributed by atoms with Crippen LogP contribution in [0.4, 0.5) is 0 Å². The van der Waals surface area contributed by atoms with Crippen molar-refractivity contribution in [3.63, 3.8) is 0 Å². The number of aromatic amines is 1. The zero-order chi connectivity index (χ0) is 21.9. The molecule has 2 saturated heterocycles. The lowest BCUT2D eigenvalue weighted by molar-refractivity contribution is -0.125. The van der Waals surface area contributed by atoms with E-state index in [9.17, 15) is 9.59 Å². The van der Waals surface area contributed by atoms with Crippen LogP contribution in [0.5, 0.6) is 0 Å². The van der Waals surface area contributed by atoms with E-state index in [4.69, 9.17) is 0 Å². The molecule has 1 aliphatic carbocycles. The molecule has 6 heteroatoms. The molecule has 1 aromatic heterocycles. The largest absolute Gasteiger partial charge is 0.357 e. The summed E-state index contributed by atoms with van der Waals surface area (Å²) in [5.74, 6) is 1.65. The predicted molar refractivity (Wildman–Crippen MR) is 124 cm³/mol. The summed E-state index contributed by atoms with van der Waals surface area (Å²) in [6.45, 7) is 4.75. The van der Waals surface area contributed by atoms with Crippen LogP contribution in [0.1, 0.15) is 54.2 Å². The molecule has 3 fully saturated rings. The highest BCUT2D eigenvalue weighted by Gasteiger charge is 2.41. The molecule has 1 aromatic carbocycles. The smallest absolute Gasteiger partial charge is 0.270 e. The van der Waals surface area contributed by atoms with Crippen molar-refractivity contribution < 1.29 is 9.59 Å². The highest BCUT2D eigenvalue weighted by molar-refractivity contribution is 5.92. The minimum atomic E-state index is 0.0655. The molecule has 0 radical (unpaired) electrons. The van der Waals surface area contributed by atoms with Crippen molar-refractivity contribution in [3.8, 4) is 0 Å². The third-order valence-electron chi connectivity index (χ3n) is 7.66. The molecule has 170 valence electrons. The van der Waals surface area contributed by atoms with Gasteiger partial charge in [-0.15, -0.1) is 0 Å². The Morgan fingerprint density at radius 1 is 0.969 bits per heavy atom. The Labute approximate surface area is 190 Å². The van der Waals surface area contributed by atoms with Gasteiger partial charge >= 0.3 is 0 Å². The summed E-state index contributed by atoms with van der Waals surface area (Å²) in [5, 5.41) is 3.37. The molecule has 2 amide bonds. The number of fused-ring (bicyclic) bond motifs is 1. The maximum Gasteiger partial charge on any atom is 0.270 e. The van der Waals surface area contributed by atoms with Gasteiger partial charge in [0.05, 0.1) is 6.04 Å². The van der Waals surface area contributed by atoms with E-state index in [0.29, 0.717) is 17.5 Å². The number of nitrogens with zero attached hydrogens (tertiary/aromatic N) is 2. The van der Waals surface area contributed by atoms with Crippen molar-refractivity contribution in [1.29, 1.82) is 0 Å². The molecule has 2 N–H and O–H groups in total. The van der Waals surface area contributed by atoms with Crippen LogP contribution in [0, 0.1) is 17.8 Å². The van der Waals surface area contributed by atoms with Gasteiger partial charge in [-0.2, -0.15) is 0 Å². The Morgan fingerprint density at radius 2 is 1.69 bits per heavy atom. The second kappa shape index (κ2) is 9.49. The number of hydrogen-bond acceptors (Lipinski definition) is 3. The average Bonchev–Trinajstić information content (AvgIpc) is 3.60. The van der Waals surface area contributed by atoms with E-state index >= 15 is 0 Å². The van der Waals surface area contributed by atoms with Gasteiger partial charge < -0.3 is 20.1 Å². The van der Waals surface area contributed by atoms with E-state index in [-0.39, 0.29) is 23.8 Å². The predicted octanol–water partition coefficient (Wildman–Crippen LogP) is 3.46. The number of H-pyrrole nitrogens is 1. The number of benzene rings is 1. The summed E-state index contributed by atoms with van der Waals surface area (Å²) >= 11 is 0. The first-order valence-corrected chi connectivity index (χ1v) is 12.2. The van der Waals surface area contributed by atoms with Crippen LogP contribution in [0.15, 0.2) is 48.7 Å². The number of carbonyl (C=O) groups is 2. The van der Waals surface area contributed by atoms with Gasteiger partial charge in [-0.3, -0.25) is 9.59 Å². The maximum absolute atomic E-state index is 12.8. The lowest BCUT2D eigenvalue weighted by Gasteiger charge is -2.25. The maximum atomic E-state index is 12.8. The third kappa shape index (κ3) is 4.60. The molecule has 3 heterocycles. The van der Waals surface area contributed by atoms with Gasteiger partial charge in [0.1, 0.15) is 5.69 Å². The fourth-order valence-electron chi connectivity index (χ4n) is 5.87. The van der Waals surface area contributed by atoms with Crippen LogP contribution in [-0.2, 0) is 4.79 Å². The summed E-state index contributed by atoms with van der Waals surface area (Å²) in [5.41, 5.74) is 1.88. The number of carbonyl (C=O) groups excluding carboxylic acids is 2. The van der Waals surface area contributed by atoms with E-state index < -0.39 is 0 Å². The fourth-order valence-corrected chi connectivity index (χ4v) is 5.87. The highest BCUT2D eigenvalue weighted by Crippen LogP contribution is 2.33. The summed E-state index contributed by atoms with van der Waals surface area (Å²) in [6, 6.07) is 14.2. The molecule has 2 aliphatic heterocycles. The fraction of sp³-hybridized carbons (Fsp3) is 0.538. The minimum Gasteiger partial charge on any atom is -0.357 e. The Morgan fingerprint density at radius 3 is 2.34 bits per heavy atom. The quantitative estimate of drug-likeness (QED) is 0.701. The van der Waals surface area contributed by atoms with Crippen LogP contribution < -0.4 is 5.32 Å². The monoisotopic (exact) mass is 434 g/mol. The second-order valence-electron chi connectivity index (χ2n) is 9.82. The van der Waals surface area contributed by atoms with E-state index in [2.05, 4.69) is 39.5 Å². The summed E-state index contributed by atoms with van der Waals surface area (Å²) in [6.07, 6.45) is 7.14. The summed E-state index contributed by atoms with van der Waals surface area (Å²) in [7, 11) is 0. The van der Waals surface area contributed by atoms with Gasteiger partial charge in [-0.1, -0.05) is 43.2 Å². The van der Waals surface area contributed by atoms with Crippen molar-refractivity contribution in [3.05, 3.63) is 59.9 Å². The number of nitrogens with one attached hydrogen (secondary N) is 2. The second-order valence-corrected chi connectivity index (χ2v) is 9.82. The van der Waals surface area contributed by atoms with Gasteiger partial charge in [-0.25, -0.2) is 0 Å². The third-order valence-corrected chi connectivity index (χ3v) is 7.66. The molecule has 2 aromatic rings. The van der Waals surface area contributed by atoms with Crippen molar-refractivity contribution >= 4 is 11.8 Å². The van der Waals surface area contributed by atoms with Gasteiger partial charge in [0, 0.05) is 44.8 Å². The van der Waals surface area contributed by atoms with Crippen molar-refractivity contribution in [1.82, 2.24) is 20.1 Å². The molecule has 32 heavy (non-hydrogen) atoms. The molecule has 3 atom stereocenters. The number of amides is 2. The zero-order valence-electron chi connectivity index (χ0n) is 18.7. The first kappa shape index (κ1) is 21.3. The number of likely N-dealkylation sites (tertiary alicyclic amines) is 2. The van der Waals surface area contributed by atoms with Crippen molar-refractivity contribution in [2.24, 2.45) is 17.8 Å². The summed E-state index contributed by atoms with van der Waals surface area (Å²) in [4.78, 5) is 33.0. The SMILES string of the molecule is O=C(NC(CCN1CC2CN(C(=O)c3ccc[nH]3)C[C@@H]2C1)c1ccccc1)C1CCCC1. The van der Waals surface area contributed by atoms with Gasteiger partial charge in [0.2, 0.25) is 5.91 Å². The molecule has 6 nitrogen and oxygen atoms in total. The molecule has 1 saturated carbocycles. The van der Waals surface area contributed by atoms with Gasteiger partial charge in [0.15, 0.2) is 0 Å². The van der Waals surface area contributed by atoms with E-state index in [1.807, 2.05) is 23.1 Å². The van der Waals surface area contributed by atoms with Crippen LogP contribution in [-0.4, -0.2) is 59.3 Å². The summed E-state index contributed by atoms with van der Waals surface area (Å²) < 4.78 is 0. The highest BCUT2D eigenvalue weighted by atomic mass is 16.2. The Balaban J connectivity index is 1.15. The van der Waals surface area contributed by atoms with E-state index in [1.165, 1.54) is 18.4 Å². The van der Waals surface area contributed by atoms with E-state index in [0.717, 1.165) is 52.0 Å². The average molecular weight is 435 g/mol. The number of aromatic nitrogens is 1. The van der Waals surface area contributed by atoms with Crippen molar-refractivity contribution in [2.45, 2.75) is 38.1 Å². The Kier molecular flexibility index (Phi) is 6.30. The molecule has 0 spiro atoms. The van der Waals surface area contributed by atoms with Gasteiger partial charge in [0.25, 0.3) is 5.91 Å². The van der Waals surface area contributed by atoms with E-state index in [1.54, 1.807) is 6.20 Å². The molecule has 0 bridgehead atoms. The molecular weight excluding hydrogens is 400 g/mol. The van der Waals surface area contributed by atoms with Crippen molar-refractivity contribution in [2.75, 3.05) is 32.7 Å².